The first-order valence-electron chi connectivity index (χ1n) is 9.64. The topological polar surface area (TPSA) is 0 Å². The molecule has 0 saturated carbocycles. The zero-order chi connectivity index (χ0) is 15.0. The standard InChI is InChI=1S/C21H37/c1-2-3-4-5-6-7-8-9-10-11-12-13-14-15-18-21-19-16-17-20-21/h16-17,19-20H,2-15,18H2,1H3/q-1. The molecule has 0 nitrogen and oxygen atoms in total. The van der Waals surface area contributed by atoms with E-state index in [1.165, 1.54) is 102 Å². The summed E-state index contributed by atoms with van der Waals surface area (Å²) in [6.07, 6.45) is 21.5. The molecule has 0 fully saturated rings. The van der Waals surface area contributed by atoms with E-state index in [0.29, 0.717) is 0 Å². The first-order chi connectivity index (χ1) is 10.4. The van der Waals surface area contributed by atoms with Crippen molar-refractivity contribution in [2.24, 2.45) is 0 Å². The molecule has 0 aromatic heterocycles. The Bertz CT molecular complexity index is 283. The molecule has 0 aliphatic rings. The van der Waals surface area contributed by atoms with Crippen molar-refractivity contribution >= 4 is 0 Å². The molecular formula is C21H37-. The van der Waals surface area contributed by atoms with Gasteiger partial charge >= 0.3 is 0 Å². The SMILES string of the molecule is CCCCCCCCCCCCCCCC[c-]1cccc1. The molecule has 0 atom stereocenters. The zero-order valence-electron chi connectivity index (χ0n) is 14.4. The summed E-state index contributed by atoms with van der Waals surface area (Å²) < 4.78 is 0. The van der Waals surface area contributed by atoms with E-state index in [4.69, 9.17) is 0 Å². The molecule has 0 aliphatic carbocycles. The third-order valence-corrected chi connectivity index (χ3v) is 4.55. The van der Waals surface area contributed by atoms with Crippen LogP contribution in [-0.2, 0) is 6.42 Å². The van der Waals surface area contributed by atoms with Crippen molar-refractivity contribution in [2.45, 2.75) is 103 Å². The van der Waals surface area contributed by atoms with Gasteiger partial charge in [-0.15, -0.1) is 0 Å². The van der Waals surface area contributed by atoms with Crippen molar-refractivity contribution in [3.8, 4) is 0 Å². The molecule has 0 saturated heterocycles. The Labute approximate surface area is 133 Å². The van der Waals surface area contributed by atoms with Crippen LogP contribution in [0.5, 0.6) is 0 Å². The monoisotopic (exact) mass is 289 g/mol. The van der Waals surface area contributed by atoms with E-state index >= 15 is 0 Å². The summed E-state index contributed by atoms with van der Waals surface area (Å²) in [4.78, 5) is 0. The van der Waals surface area contributed by atoms with Crippen LogP contribution >= 0.6 is 0 Å². The Morgan fingerprint density at radius 3 is 1.33 bits per heavy atom. The number of unbranched alkanes of at least 4 members (excludes halogenated alkanes) is 13. The van der Waals surface area contributed by atoms with E-state index in [1.807, 2.05) is 0 Å². The predicted octanol–water partition coefficient (Wildman–Crippen LogP) is 7.43. The summed E-state index contributed by atoms with van der Waals surface area (Å²) >= 11 is 0. The highest BCUT2D eigenvalue weighted by Gasteiger charge is 1.94. The number of hydrogen-bond donors (Lipinski definition) is 0. The highest BCUT2D eigenvalue weighted by atomic mass is 14.0. The van der Waals surface area contributed by atoms with Gasteiger partial charge in [0.05, 0.1) is 0 Å². The van der Waals surface area contributed by atoms with E-state index in [-0.39, 0.29) is 0 Å². The molecule has 122 valence electrons. The van der Waals surface area contributed by atoms with Gasteiger partial charge < -0.3 is 0 Å². The van der Waals surface area contributed by atoms with Crippen LogP contribution in [-0.4, -0.2) is 0 Å². The molecule has 0 heterocycles. The average Bonchev–Trinajstić information content (AvgIpc) is 3.01. The van der Waals surface area contributed by atoms with E-state index in [0.717, 1.165) is 0 Å². The van der Waals surface area contributed by atoms with Gasteiger partial charge in [0.1, 0.15) is 0 Å². The molecule has 0 unspecified atom stereocenters. The van der Waals surface area contributed by atoms with Crippen molar-refractivity contribution in [1.29, 1.82) is 0 Å². The fourth-order valence-electron chi connectivity index (χ4n) is 3.10. The Morgan fingerprint density at radius 1 is 0.524 bits per heavy atom. The highest BCUT2D eigenvalue weighted by molar-refractivity contribution is 5.15. The van der Waals surface area contributed by atoms with Crippen LogP contribution in [0.2, 0.25) is 0 Å². The molecule has 1 aromatic carbocycles. The van der Waals surface area contributed by atoms with Crippen molar-refractivity contribution in [3.05, 3.63) is 29.8 Å². The largest absolute Gasteiger partial charge is 0.213 e. The molecule has 1 aromatic rings. The van der Waals surface area contributed by atoms with Crippen molar-refractivity contribution in [1.82, 2.24) is 0 Å². The minimum Gasteiger partial charge on any atom is -0.213 e. The molecular weight excluding hydrogens is 252 g/mol. The normalized spacial score (nSPS) is 11.1. The third kappa shape index (κ3) is 11.7. The van der Waals surface area contributed by atoms with Gasteiger partial charge in [-0.25, -0.2) is 12.1 Å². The van der Waals surface area contributed by atoms with Gasteiger partial charge in [0.15, 0.2) is 0 Å². The minimum atomic E-state index is 1.28. The zero-order valence-corrected chi connectivity index (χ0v) is 14.4. The maximum atomic E-state index is 2.29. The molecule has 0 radical (unpaired) electrons. The lowest BCUT2D eigenvalue weighted by Crippen LogP contribution is -1.85. The molecule has 0 spiro atoms. The summed E-state index contributed by atoms with van der Waals surface area (Å²) in [5.74, 6) is 0. The van der Waals surface area contributed by atoms with Crippen LogP contribution < -0.4 is 0 Å². The molecule has 0 N–H and O–H groups in total. The van der Waals surface area contributed by atoms with Gasteiger partial charge in [-0.05, 0) is 0 Å². The summed E-state index contributed by atoms with van der Waals surface area (Å²) in [5, 5.41) is 0. The van der Waals surface area contributed by atoms with Gasteiger partial charge in [-0.2, -0.15) is 17.7 Å². The number of aryl methyl sites for hydroxylation is 1. The molecule has 0 aliphatic heterocycles. The molecule has 21 heavy (non-hydrogen) atoms. The molecule has 0 amide bonds. The average molecular weight is 290 g/mol. The second kappa shape index (κ2) is 14.3. The van der Waals surface area contributed by atoms with Crippen LogP contribution in [0.4, 0.5) is 0 Å². The minimum absolute atomic E-state index is 1.28. The first kappa shape index (κ1) is 18.4. The Kier molecular flexibility index (Phi) is 12.5. The van der Waals surface area contributed by atoms with Gasteiger partial charge in [0, 0.05) is 0 Å². The second-order valence-corrected chi connectivity index (χ2v) is 6.64. The van der Waals surface area contributed by atoms with E-state index in [2.05, 4.69) is 31.2 Å². The van der Waals surface area contributed by atoms with E-state index in [1.54, 1.807) is 0 Å². The Morgan fingerprint density at radius 2 is 0.905 bits per heavy atom. The molecule has 0 heteroatoms. The lowest BCUT2D eigenvalue weighted by atomic mass is 10.0. The van der Waals surface area contributed by atoms with E-state index in [9.17, 15) is 0 Å². The van der Waals surface area contributed by atoms with Gasteiger partial charge in [0.25, 0.3) is 0 Å². The summed E-state index contributed by atoms with van der Waals surface area (Å²) in [6.45, 7) is 2.29. The third-order valence-electron chi connectivity index (χ3n) is 4.55. The quantitative estimate of drug-likeness (QED) is 0.232. The van der Waals surface area contributed by atoms with Gasteiger partial charge in [-0.1, -0.05) is 103 Å². The Balaban J connectivity index is 1.69. The summed E-state index contributed by atoms with van der Waals surface area (Å²) in [7, 11) is 0. The number of hydrogen-bond acceptors (Lipinski definition) is 0. The maximum absolute atomic E-state index is 2.29. The highest BCUT2D eigenvalue weighted by Crippen LogP contribution is 2.14. The summed E-state index contributed by atoms with van der Waals surface area (Å²) in [5.41, 5.74) is 1.52. The Hall–Kier alpha value is -0.650. The number of rotatable bonds is 15. The van der Waals surface area contributed by atoms with E-state index < -0.39 is 0 Å². The van der Waals surface area contributed by atoms with Crippen LogP contribution in [0.1, 0.15) is 102 Å². The van der Waals surface area contributed by atoms with Gasteiger partial charge in [0.2, 0.25) is 0 Å². The van der Waals surface area contributed by atoms with Crippen LogP contribution in [0, 0.1) is 0 Å². The van der Waals surface area contributed by atoms with Crippen molar-refractivity contribution in [2.75, 3.05) is 0 Å². The van der Waals surface area contributed by atoms with Crippen LogP contribution in [0.15, 0.2) is 24.3 Å². The smallest absolute Gasteiger partial charge is 0.0533 e. The fourth-order valence-corrected chi connectivity index (χ4v) is 3.10. The molecule has 0 bridgehead atoms. The van der Waals surface area contributed by atoms with Gasteiger partial charge in [-0.3, -0.25) is 0 Å². The molecule has 1 rings (SSSR count). The summed E-state index contributed by atoms with van der Waals surface area (Å²) in [6, 6.07) is 8.81. The van der Waals surface area contributed by atoms with Crippen molar-refractivity contribution < 1.29 is 0 Å². The fraction of sp³-hybridized carbons (Fsp3) is 0.762. The van der Waals surface area contributed by atoms with Crippen LogP contribution in [0.25, 0.3) is 0 Å². The predicted molar refractivity (Wildman–Crippen MR) is 96.1 cm³/mol. The second-order valence-electron chi connectivity index (χ2n) is 6.64. The lowest BCUT2D eigenvalue weighted by molar-refractivity contribution is 0.535. The first-order valence-corrected chi connectivity index (χ1v) is 9.64. The van der Waals surface area contributed by atoms with Crippen molar-refractivity contribution in [3.63, 3.8) is 0 Å². The lowest BCUT2D eigenvalue weighted by Gasteiger charge is -2.04. The van der Waals surface area contributed by atoms with Crippen LogP contribution in [0.3, 0.4) is 0 Å². The maximum Gasteiger partial charge on any atom is -0.0533 e.